The van der Waals surface area contributed by atoms with E-state index in [0.717, 1.165) is 26.4 Å². The minimum atomic E-state index is 0.615. The Morgan fingerprint density at radius 3 is 1.50 bits per heavy atom. The summed E-state index contributed by atoms with van der Waals surface area (Å²) in [5.74, 6) is 0. The van der Waals surface area contributed by atoms with Crippen LogP contribution in [0.5, 0.6) is 0 Å². The van der Waals surface area contributed by atoms with E-state index in [0.29, 0.717) is 46.2 Å². The lowest BCUT2D eigenvalue weighted by atomic mass is 10.6. The van der Waals surface area contributed by atoms with Crippen LogP contribution in [0, 0.1) is 0 Å². The molecule has 0 aromatic carbocycles. The minimum absolute atomic E-state index is 0.615. The van der Waals surface area contributed by atoms with E-state index in [1.54, 1.807) is 14.2 Å². The monoisotopic (exact) mass is 318 g/mol. The second kappa shape index (κ2) is 13.8. The van der Waals surface area contributed by atoms with Crippen molar-refractivity contribution in [3.8, 4) is 0 Å². The SMILES string of the molecule is COCCOCCOCCN1C=CN(CCOCCOC)C1. The zero-order valence-corrected chi connectivity index (χ0v) is 13.9. The summed E-state index contributed by atoms with van der Waals surface area (Å²) in [5.41, 5.74) is 0. The minimum Gasteiger partial charge on any atom is -0.382 e. The molecule has 7 nitrogen and oxygen atoms in total. The molecule has 0 spiro atoms. The highest BCUT2D eigenvalue weighted by atomic mass is 16.5. The van der Waals surface area contributed by atoms with Crippen LogP contribution in [0.1, 0.15) is 0 Å². The van der Waals surface area contributed by atoms with E-state index in [2.05, 4.69) is 22.2 Å². The number of methoxy groups -OCH3 is 2. The molecule has 0 unspecified atom stereocenters. The van der Waals surface area contributed by atoms with E-state index in [4.69, 9.17) is 23.7 Å². The number of nitrogens with zero attached hydrogens (tertiary/aromatic N) is 2. The number of rotatable bonds is 15. The summed E-state index contributed by atoms with van der Waals surface area (Å²) in [6, 6.07) is 0. The normalized spacial score (nSPS) is 14.3. The molecule has 0 amide bonds. The van der Waals surface area contributed by atoms with Crippen molar-refractivity contribution in [3.05, 3.63) is 12.4 Å². The van der Waals surface area contributed by atoms with Crippen LogP contribution >= 0.6 is 0 Å². The lowest BCUT2D eigenvalue weighted by molar-refractivity contribution is 0.0205. The lowest BCUT2D eigenvalue weighted by Gasteiger charge is -2.21. The van der Waals surface area contributed by atoms with E-state index < -0.39 is 0 Å². The Bertz CT molecular complexity index is 279. The van der Waals surface area contributed by atoms with Crippen molar-refractivity contribution < 1.29 is 23.7 Å². The van der Waals surface area contributed by atoms with Crippen LogP contribution in [0.15, 0.2) is 12.4 Å². The van der Waals surface area contributed by atoms with Crippen molar-refractivity contribution in [1.82, 2.24) is 9.80 Å². The van der Waals surface area contributed by atoms with Crippen LogP contribution in [0.4, 0.5) is 0 Å². The molecule has 130 valence electrons. The zero-order valence-electron chi connectivity index (χ0n) is 13.9. The van der Waals surface area contributed by atoms with Crippen LogP contribution < -0.4 is 0 Å². The first-order valence-electron chi connectivity index (χ1n) is 7.74. The van der Waals surface area contributed by atoms with Gasteiger partial charge in [0.25, 0.3) is 0 Å². The van der Waals surface area contributed by atoms with E-state index in [9.17, 15) is 0 Å². The van der Waals surface area contributed by atoms with Gasteiger partial charge in [0, 0.05) is 39.7 Å². The molecule has 1 aliphatic rings. The summed E-state index contributed by atoms with van der Waals surface area (Å²) < 4.78 is 26.1. The van der Waals surface area contributed by atoms with Crippen LogP contribution in [0.25, 0.3) is 0 Å². The van der Waals surface area contributed by atoms with Gasteiger partial charge in [-0.15, -0.1) is 0 Å². The second-order valence-electron chi connectivity index (χ2n) is 4.89. The van der Waals surface area contributed by atoms with Gasteiger partial charge in [-0.3, -0.25) is 0 Å². The predicted octanol–water partition coefficient (Wildman–Crippen LogP) is 0.375. The summed E-state index contributed by atoms with van der Waals surface area (Å²) in [7, 11) is 3.34. The Morgan fingerprint density at radius 2 is 1.05 bits per heavy atom. The first kappa shape index (κ1) is 19.2. The summed E-state index contributed by atoms with van der Waals surface area (Å²) in [6.45, 7) is 7.88. The van der Waals surface area contributed by atoms with Crippen molar-refractivity contribution >= 4 is 0 Å². The van der Waals surface area contributed by atoms with Gasteiger partial charge < -0.3 is 33.5 Å². The molecule has 22 heavy (non-hydrogen) atoms. The van der Waals surface area contributed by atoms with Gasteiger partial charge in [0.15, 0.2) is 0 Å². The van der Waals surface area contributed by atoms with Gasteiger partial charge in [0.05, 0.1) is 59.5 Å². The Kier molecular flexibility index (Phi) is 12.0. The number of hydrogen-bond acceptors (Lipinski definition) is 7. The summed E-state index contributed by atoms with van der Waals surface area (Å²) in [4.78, 5) is 4.45. The highest BCUT2D eigenvalue weighted by Gasteiger charge is 2.11. The number of hydrogen-bond donors (Lipinski definition) is 0. The quantitative estimate of drug-likeness (QED) is 0.405. The highest BCUT2D eigenvalue weighted by Crippen LogP contribution is 2.05. The molecule has 0 bridgehead atoms. The first-order chi connectivity index (χ1) is 10.9. The fourth-order valence-corrected chi connectivity index (χ4v) is 1.88. The lowest BCUT2D eigenvalue weighted by Crippen LogP contribution is -2.30. The van der Waals surface area contributed by atoms with Crippen molar-refractivity contribution in [2.45, 2.75) is 0 Å². The Morgan fingerprint density at radius 1 is 0.636 bits per heavy atom. The molecule has 0 saturated heterocycles. The molecule has 7 heteroatoms. The standard InChI is InChI=1S/C15H30N2O5/c1-18-9-11-20-7-5-16-3-4-17(15-16)6-8-21-13-14-22-12-10-19-2/h3-4H,5-15H2,1-2H3. The largest absolute Gasteiger partial charge is 0.382 e. The van der Waals surface area contributed by atoms with E-state index >= 15 is 0 Å². The highest BCUT2D eigenvalue weighted by molar-refractivity contribution is 4.90. The second-order valence-corrected chi connectivity index (χ2v) is 4.89. The Hall–Kier alpha value is -0.860. The first-order valence-corrected chi connectivity index (χ1v) is 7.74. The summed E-state index contributed by atoms with van der Waals surface area (Å²) in [5, 5.41) is 0. The van der Waals surface area contributed by atoms with E-state index in [1.807, 2.05) is 0 Å². The molecule has 0 aromatic rings. The predicted molar refractivity (Wildman–Crippen MR) is 83.6 cm³/mol. The van der Waals surface area contributed by atoms with Gasteiger partial charge in [-0.1, -0.05) is 0 Å². The molecule has 0 atom stereocenters. The Balaban J connectivity index is 1.87. The molecular weight excluding hydrogens is 288 g/mol. The summed E-state index contributed by atoms with van der Waals surface area (Å²) in [6.07, 6.45) is 4.18. The fraction of sp³-hybridized carbons (Fsp3) is 0.867. The van der Waals surface area contributed by atoms with Gasteiger partial charge in [-0.2, -0.15) is 0 Å². The smallest absolute Gasteiger partial charge is 0.0895 e. The van der Waals surface area contributed by atoms with Gasteiger partial charge in [0.2, 0.25) is 0 Å². The van der Waals surface area contributed by atoms with Crippen LogP contribution in [0.2, 0.25) is 0 Å². The molecule has 1 heterocycles. The maximum absolute atomic E-state index is 5.54. The summed E-state index contributed by atoms with van der Waals surface area (Å²) >= 11 is 0. The molecule has 0 N–H and O–H groups in total. The van der Waals surface area contributed by atoms with Crippen LogP contribution in [-0.2, 0) is 23.7 Å². The van der Waals surface area contributed by atoms with Gasteiger partial charge in [0.1, 0.15) is 0 Å². The average Bonchev–Trinajstić information content (AvgIpc) is 2.97. The van der Waals surface area contributed by atoms with Crippen molar-refractivity contribution in [2.24, 2.45) is 0 Å². The Labute approximate surface area is 133 Å². The third-order valence-electron chi connectivity index (χ3n) is 3.13. The molecule has 0 aromatic heterocycles. The average molecular weight is 318 g/mol. The number of ether oxygens (including phenoxy) is 5. The van der Waals surface area contributed by atoms with Gasteiger partial charge in [-0.05, 0) is 0 Å². The fourth-order valence-electron chi connectivity index (χ4n) is 1.88. The van der Waals surface area contributed by atoms with Crippen molar-refractivity contribution in [1.29, 1.82) is 0 Å². The third kappa shape index (κ3) is 9.97. The van der Waals surface area contributed by atoms with Gasteiger partial charge in [-0.25, -0.2) is 0 Å². The molecule has 0 radical (unpaired) electrons. The third-order valence-corrected chi connectivity index (χ3v) is 3.13. The molecule has 1 aliphatic heterocycles. The van der Waals surface area contributed by atoms with Crippen molar-refractivity contribution in [2.75, 3.05) is 86.8 Å². The molecule has 0 aliphatic carbocycles. The maximum atomic E-state index is 5.54. The zero-order chi connectivity index (χ0) is 15.9. The van der Waals surface area contributed by atoms with Crippen molar-refractivity contribution in [3.63, 3.8) is 0 Å². The molecule has 0 saturated carbocycles. The molecule has 1 rings (SSSR count). The van der Waals surface area contributed by atoms with E-state index in [-0.39, 0.29) is 0 Å². The van der Waals surface area contributed by atoms with Gasteiger partial charge >= 0.3 is 0 Å². The van der Waals surface area contributed by atoms with Crippen LogP contribution in [0.3, 0.4) is 0 Å². The molecular formula is C15H30N2O5. The molecule has 0 fully saturated rings. The maximum Gasteiger partial charge on any atom is 0.0895 e. The van der Waals surface area contributed by atoms with Crippen LogP contribution in [-0.4, -0.2) is 96.6 Å². The topological polar surface area (TPSA) is 52.6 Å². The van der Waals surface area contributed by atoms with E-state index in [1.165, 1.54) is 0 Å².